The number of cyclic esters (lactones) is 1. The van der Waals surface area contributed by atoms with E-state index in [1.165, 1.54) is 0 Å². The SMILES string of the molecule is COc1ccc(/C=C2\N=C(c3ccc(Cl)cc3)OC2=O)cc1. The zero-order valence-corrected chi connectivity index (χ0v) is 12.5. The maximum absolute atomic E-state index is 11.9. The zero-order valence-electron chi connectivity index (χ0n) is 11.7. The predicted molar refractivity (Wildman–Crippen MR) is 85.1 cm³/mol. The molecular formula is C17H12ClNO3. The lowest BCUT2D eigenvalue weighted by atomic mass is 10.2. The second kappa shape index (κ2) is 6.03. The van der Waals surface area contributed by atoms with Crippen molar-refractivity contribution in [1.82, 2.24) is 0 Å². The van der Waals surface area contributed by atoms with Gasteiger partial charge in [0.2, 0.25) is 5.90 Å². The first kappa shape index (κ1) is 14.4. The van der Waals surface area contributed by atoms with Crippen molar-refractivity contribution < 1.29 is 14.3 Å². The van der Waals surface area contributed by atoms with Gasteiger partial charge in [-0.1, -0.05) is 23.7 Å². The number of methoxy groups -OCH3 is 1. The van der Waals surface area contributed by atoms with Gasteiger partial charge >= 0.3 is 5.97 Å². The quantitative estimate of drug-likeness (QED) is 0.641. The standard InChI is InChI=1S/C17H12ClNO3/c1-21-14-8-2-11(3-9-14)10-15-17(20)22-16(19-15)12-4-6-13(18)7-5-12/h2-10H,1H3/b15-10-. The monoisotopic (exact) mass is 313 g/mol. The largest absolute Gasteiger partial charge is 0.497 e. The summed E-state index contributed by atoms with van der Waals surface area (Å²) in [7, 11) is 1.60. The minimum Gasteiger partial charge on any atom is -0.497 e. The van der Waals surface area contributed by atoms with Crippen LogP contribution < -0.4 is 4.74 Å². The molecule has 0 unspecified atom stereocenters. The van der Waals surface area contributed by atoms with Gasteiger partial charge in [0.25, 0.3) is 0 Å². The number of esters is 1. The smallest absolute Gasteiger partial charge is 0.363 e. The molecule has 0 bridgehead atoms. The van der Waals surface area contributed by atoms with Gasteiger partial charge in [-0.25, -0.2) is 9.79 Å². The van der Waals surface area contributed by atoms with Gasteiger partial charge in [-0.2, -0.15) is 0 Å². The number of nitrogens with zero attached hydrogens (tertiary/aromatic N) is 1. The Morgan fingerprint density at radius 3 is 2.41 bits per heavy atom. The molecular weight excluding hydrogens is 302 g/mol. The van der Waals surface area contributed by atoms with Crippen LogP contribution in [0.15, 0.2) is 59.2 Å². The van der Waals surface area contributed by atoms with E-state index in [9.17, 15) is 4.79 Å². The van der Waals surface area contributed by atoms with Crippen LogP contribution in [0, 0.1) is 0 Å². The molecule has 0 saturated heterocycles. The normalized spacial score (nSPS) is 15.6. The molecule has 0 fully saturated rings. The Kier molecular flexibility index (Phi) is 3.94. The van der Waals surface area contributed by atoms with Crippen molar-refractivity contribution in [1.29, 1.82) is 0 Å². The number of hydrogen-bond donors (Lipinski definition) is 0. The van der Waals surface area contributed by atoms with Gasteiger partial charge in [-0.05, 0) is 48.0 Å². The van der Waals surface area contributed by atoms with Crippen LogP contribution in [-0.2, 0) is 9.53 Å². The number of benzene rings is 2. The van der Waals surface area contributed by atoms with Crippen LogP contribution in [-0.4, -0.2) is 19.0 Å². The van der Waals surface area contributed by atoms with E-state index in [0.717, 1.165) is 11.3 Å². The number of hydrogen-bond acceptors (Lipinski definition) is 4. The number of halogens is 1. The lowest BCUT2D eigenvalue weighted by Gasteiger charge is -1.99. The number of aliphatic imine (C=N–C) groups is 1. The maximum Gasteiger partial charge on any atom is 0.363 e. The Hall–Kier alpha value is -2.59. The van der Waals surface area contributed by atoms with Crippen molar-refractivity contribution in [3.63, 3.8) is 0 Å². The van der Waals surface area contributed by atoms with Gasteiger partial charge in [0.05, 0.1) is 7.11 Å². The molecule has 2 aromatic rings. The zero-order chi connectivity index (χ0) is 15.5. The highest BCUT2D eigenvalue weighted by Crippen LogP contribution is 2.21. The first-order valence-electron chi connectivity index (χ1n) is 6.58. The molecule has 0 spiro atoms. The van der Waals surface area contributed by atoms with Crippen molar-refractivity contribution in [2.45, 2.75) is 0 Å². The highest BCUT2D eigenvalue weighted by atomic mass is 35.5. The third-order valence-electron chi connectivity index (χ3n) is 3.13. The topological polar surface area (TPSA) is 47.9 Å². The van der Waals surface area contributed by atoms with Gasteiger partial charge in [-0.15, -0.1) is 0 Å². The van der Waals surface area contributed by atoms with Crippen LogP contribution in [0.3, 0.4) is 0 Å². The van der Waals surface area contributed by atoms with E-state index >= 15 is 0 Å². The number of rotatable bonds is 3. The third-order valence-corrected chi connectivity index (χ3v) is 3.38. The first-order valence-corrected chi connectivity index (χ1v) is 6.96. The molecule has 2 aromatic carbocycles. The molecule has 1 heterocycles. The van der Waals surface area contributed by atoms with E-state index in [-0.39, 0.29) is 11.6 Å². The first-order chi connectivity index (χ1) is 10.7. The van der Waals surface area contributed by atoms with Gasteiger partial charge < -0.3 is 9.47 Å². The lowest BCUT2D eigenvalue weighted by Crippen LogP contribution is -2.05. The van der Waals surface area contributed by atoms with Crippen LogP contribution >= 0.6 is 11.6 Å². The van der Waals surface area contributed by atoms with Gasteiger partial charge in [0.15, 0.2) is 5.70 Å². The summed E-state index contributed by atoms with van der Waals surface area (Å²) in [6, 6.07) is 14.3. The summed E-state index contributed by atoms with van der Waals surface area (Å²) in [4.78, 5) is 16.1. The third kappa shape index (κ3) is 3.02. The van der Waals surface area contributed by atoms with Crippen molar-refractivity contribution in [2.75, 3.05) is 7.11 Å². The van der Waals surface area contributed by atoms with Crippen molar-refractivity contribution >= 4 is 29.5 Å². The number of ether oxygens (including phenoxy) is 2. The summed E-state index contributed by atoms with van der Waals surface area (Å²) < 4.78 is 10.3. The van der Waals surface area contributed by atoms with Gasteiger partial charge in [0, 0.05) is 10.6 Å². The van der Waals surface area contributed by atoms with Crippen LogP contribution in [0.1, 0.15) is 11.1 Å². The van der Waals surface area contributed by atoms with E-state index < -0.39 is 5.97 Å². The molecule has 1 aliphatic rings. The van der Waals surface area contributed by atoms with E-state index in [2.05, 4.69) is 4.99 Å². The molecule has 3 rings (SSSR count). The molecule has 110 valence electrons. The van der Waals surface area contributed by atoms with Gasteiger partial charge in [0.1, 0.15) is 5.75 Å². The second-order valence-electron chi connectivity index (χ2n) is 4.62. The van der Waals surface area contributed by atoms with Crippen molar-refractivity contribution in [3.8, 4) is 5.75 Å². The molecule has 0 atom stereocenters. The summed E-state index contributed by atoms with van der Waals surface area (Å²) in [5, 5.41) is 0.614. The summed E-state index contributed by atoms with van der Waals surface area (Å²) in [5.41, 5.74) is 1.81. The predicted octanol–water partition coefficient (Wildman–Crippen LogP) is 3.69. The Balaban J connectivity index is 1.88. The van der Waals surface area contributed by atoms with Crippen LogP contribution in [0.4, 0.5) is 0 Å². The van der Waals surface area contributed by atoms with Gasteiger partial charge in [-0.3, -0.25) is 0 Å². The average molecular weight is 314 g/mol. The van der Waals surface area contributed by atoms with E-state index in [4.69, 9.17) is 21.1 Å². The number of carbonyl (C=O) groups excluding carboxylic acids is 1. The fourth-order valence-corrected chi connectivity index (χ4v) is 2.11. The molecule has 22 heavy (non-hydrogen) atoms. The maximum atomic E-state index is 11.9. The fraction of sp³-hybridized carbons (Fsp3) is 0.0588. The molecule has 1 aliphatic heterocycles. The summed E-state index contributed by atoms with van der Waals surface area (Å²) in [6.45, 7) is 0. The Morgan fingerprint density at radius 2 is 1.77 bits per heavy atom. The van der Waals surface area contributed by atoms with Crippen molar-refractivity contribution in [2.24, 2.45) is 4.99 Å². The van der Waals surface area contributed by atoms with Crippen molar-refractivity contribution in [3.05, 3.63) is 70.4 Å². The van der Waals surface area contributed by atoms with Crippen LogP contribution in [0.25, 0.3) is 6.08 Å². The fourth-order valence-electron chi connectivity index (χ4n) is 1.98. The molecule has 0 aliphatic carbocycles. The molecule has 0 amide bonds. The summed E-state index contributed by atoms with van der Waals surface area (Å²) >= 11 is 5.84. The molecule has 0 N–H and O–H groups in total. The lowest BCUT2D eigenvalue weighted by molar-refractivity contribution is -0.129. The number of carbonyl (C=O) groups is 1. The molecule has 5 heteroatoms. The summed E-state index contributed by atoms with van der Waals surface area (Å²) in [6.07, 6.45) is 1.67. The minimum absolute atomic E-state index is 0.259. The highest BCUT2D eigenvalue weighted by molar-refractivity contribution is 6.30. The Morgan fingerprint density at radius 1 is 1.09 bits per heavy atom. The molecule has 0 aromatic heterocycles. The highest BCUT2D eigenvalue weighted by Gasteiger charge is 2.23. The van der Waals surface area contributed by atoms with Crippen LogP contribution in [0.5, 0.6) is 5.75 Å². The summed E-state index contributed by atoms with van der Waals surface area (Å²) in [5.74, 6) is 0.559. The van der Waals surface area contributed by atoms with Crippen LogP contribution in [0.2, 0.25) is 5.02 Å². The van der Waals surface area contributed by atoms with E-state index in [1.54, 1.807) is 37.5 Å². The Labute approximate surface area is 132 Å². The molecule has 4 nitrogen and oxygen atoms in total. The molecule has 0 radical (unpaired) electrons. The molecule has 0 saturated carbocycles. The average Bonchev–Trinajstić information content (AvgIpc) is 2.90. The minimum atomic E-state index is -0.472. The Bertz CT molecular complexity index is 761. The van der Waals surface area contributed by atoms with E-state index in [0.29, 0.717) is 10.6 Å². The second-order valence-corrected chi connectivity index (χ2v) is 5.05. The van der Waals surface area contributed by atoms with E-state index in [1.807, 2.05) is 24.3 Å².